The molecule has 4 rings (SSSR count). The minimum atomic E-state index is -3.84. The van der Waals surface area contributed by atoms with Gasteiger partial charge in [0.25, 0.3) is 0 Å². The third kappa shape index (κ3) is 4.12. The topological polar surface area (TPSA) is 94.5 Å². The number of rotatable bonds is 5. The number of hydrogen-bond donors (Lipinski definition) is 2. The van der Waals surface area contributed by atoms with Crippen LogP contribution in [0.1, 0.15) is 81.5 Å². The van der Waals surface area contributed by atoms with Gasteiger partial charge < -0.3 is 5.11 Å². The van der Waals surface area contributed by atoms with Crippen LogP contribution >= 0.6 is 0 Å². The standard InChI is InChI=1S/C27H35N3O3S/c1-17(2)19-7-9-21-20(14-19)8-10-25-26(4,11-6-12-27(21,25)5)16-29-34(32,33)24-15-22(30-28)23(31)13-18(24)3/h7,9,13-15,17,25,29H,6,8,10-12,16H2,1-5H3/p+1/t25-,26+,27+/m0/s1. The number of diazo groups is 1. The highest BCUT2D eigenvalue weighted by Crippen LogP contribution is 2.57. The predicted octanol–water partition coefficient (Wildman–Crippen LogP) is 6.30. The molecule has 2 aromatic carbocycles. The fourth-order valence-corrected chi connectivity index (χ4v) is 8.01. The number of phenolic OH excluding ortho intramolecular Hbond substituents is 1. The first-order valence-electron chi connectivity index (χ1n) is 12.2. The van der Waals surface area contributed by atoms with Crippen LogP contribution < -0.4 is 4.72 Å². The van der Waals surface area contributed by atoms with Crippen molar-refractivity contribution in [3.63, 3.8) is 0 Å². The van der Waals surface area contributed by atoms with E-state index in [1.807, 2.05) is 0 Å². The van der Waals surface area contributed by atoms with Gasteiger partial charge in [-0.05, 0) is 83.6 Å². The van der Waals surface area contributed by atoms with Crippen molar-refractivity contribution in [1.29, 1.82) is 5.39 Å². The van der Waals surface area contributed by atoms with Crippen LogP contribution in [0.4, 0.5) is 5.69 Å². The van der Waals surface area contributed by atoms with E-state index in [-0.39, 0.29) is 27.2 Å². The molecule has 0 amide bonds. The van der Waals surface area contributed by atoms with Gasteiger partial charge in [0.15, 0.2) is 4.98 Å². The summed E-state index contributed by atoms with van der Waals surface area (Å²) in [5.41, 5.74) is 4.36. The summed E-state index contributed by atoms with van der Waals surface area (Å²) >= 11 is 0. The van der Waals surface area contributed by atoms with Crippen molar-refractivity contribution >= 4 is 15.7 Å². The Morgan fingerprint density at radius 3 is 2.62 bits per heavy atom. The van der Waals surface area contributed by atoms with Gasteiger partial charge in [-0.1, -0.05) is 52.3 Å². The number of aromatic hydroxyl groups is 1. The Morgan fingerprint density at radius 2 is 1.94 bits per heavy atom. The number of nitrogens with one attached hydrogen (secondary N) is 1. The molecule has 1 saturated carbocycles. The zero-order valence-corrected chi connectivity index (χ0v) is 21.7. The lowest BCUT2D eigenvalue weighted by Gasteiger charge is -2.55. The average Bonchev–Trinajstić information content (AvgIpc) is 2.77. The lowest BCUT2D eigenvalue weighted by Crippen LogP contribution is -2.53. The van der Waals surface area contributed by atoms with Crippen LogP contribution in [0.5, 0.6) is 5.75 Å². The first-order chi connectivity index (χ1) is 15.9. The molecule has 3 atom stereocenters. The minimum Gasteiger partial charge on any atom is -0.501 e. The van der Waals surface area contributed by atoms with Crippen LogP contribution in [-0.2, 0) is 21.9 Å². The molecule has 0 bridgehead atoms. The summed E-state index contributed by atoms with van der Waals surface area (Å²) in [7, 11) is -3.84. The van der Waals surface area contributed by atoms with Crippen molar-refractivity contribution in [3.8, 4) is 5.75 Å². The number of sulfonamides is 1. The maximum Gasteiger partial charge on any atom is 0.427 e. The zero-order valence-electron chi connectivity index (χ0n) is 20.9. The number of fused-ring (bicyclic) bond motifs is 3. The molecule has 0 radical (unpaired) electrons. The molecule has 6 nitrogen and oxygen atoms in total. The minimum absolute atomic E-state index is 0.0236. The van der Waals surface area contributed by atoms with Crippen molar-refractivity contribution in [2.45, 2.75) is 83.0 Å². The Balaban J connectivity index is 1.62. The highest BCUT2D eigenvalue weighted by atomic mass is 32.2. The molecule has 2 aromatic rings. The molecule has 2 aliphatic carbocycles. The smallest absolute Gasteiger partial charge is 0.427 e. The Labute approximate surface area is 203 Å². The number of phenols is 1. The predicted molar refractivity (Wildman–Crippen MR) is 134 cm³/mol. The van der Waals surface area contributed by atoms with Crippen LogP contribution in [-0.4, -0.2) is 20.1 Å². The number of nitrogens with zero attached hydrogens (tertiary/aromatic N) is 2. The second-order valence-electron chi connectivity index (χ2n) is 11.1. The summed E-state index contributed by atoms with van der Waals surface area (Å²) in [6, 6.07) is 9.50. The number of aryl methyl sites for hydroxylation is 2. The third-order valence-corrected chi connectivity index (χ3v) is 10.0. The second kappa shape index (κ2) is 8.66. The fraction of sp³-hybridized carbons (Fsp3) is 0.556. The van der Waals surface area contributed by atoms with Crippen LogP contribution in [0.3, 0.4) is 0 Å². The summed E-state index contributed by atoms with van der Waals surface area (Å²) in [6.45, 7) is 11.0. The van der Waals surface area contributed by atoms with E-state index in [9.17, 15) is 13.5 Å². The molecule has 7 heteroatoms. The van der Waals surface area contributed by atoms with Crippen molar-refractivity contribution in [1.82, 2.24) is 4.72 Å². The lowest BCUT2D eigenvalue weighted by atomic mass is 9.50. The average molecular weight is 483 g/mol. The van der Waals surface area contributed by atoms with E-state index in [0.29, 0.717) is 23.9 Å². The molecular weight excluding hydrogens is 446 g/mol. The van der Waals surface area contributed by atoms with Gasteiger partial charge in [0, 0.05) is 6.54 Å². The van der Waals surface area contributed by atoms with Gasteiger partial charge in [-0.15, -0.1) is 0 Å². The van der Waals surface area contributed by atoms with E-state index in [4.69, 9.17) is 5.39 Å². The summed E-state index contributed by atoms with van der Waals surface area (Å²) in [5.74, 6) is 0.623. The summed E-state index contributed by atoms with van der Waals surface area (Å²) in [5, 5.41) is 19.0. The summed E-state index contributed by atoms with van der Waals surface area (Å²) in [4.78, 5) is 3.03. The molecule has 0 heterocycles. The second-order valence-corrected chi connectivity index (χ2v) is 12.9. The highest BCUT2D eigenvalue weighted by Gasteiger charge is 2.51. The molecule has 182 valence electrons. The van der Waals surface area contributed by atoms with Gasteiger partial charge in [0.05, 0.1) is 11.0 Å². The van der Waals surface area contributed by atoms with Gasteiger partial charge in [0.1, 0.15) is 0 Å². The van der Waals surface area contributed by atoms with E-state index >= 15 is 0 Å². The number of benzene rings is 2. The molecule has 0 saturated heterocycles. The van der Waals surface area contributed by atoms with Gasteiger partial charge >= 0.3 is 5.69 Å². The summed E-state index contributed by atoms with van der Waals surface area (Å²) < 4.78 is 29.3. The van der Waals surface area contributed by atoms with Gasteiger partial charge in [-0.25, -0.2) is 13.1 Å². The molecule has 2 N–H and O–H groups in total. The molecular formula is C27H36N3O3S+. The maximum absolute atomic E-state index is 13.2. The van der Waals surface area contributed by atoms with Gasteiger partial charge in [-0.3, -0.25) is 0 Å². The molecule has 2 aliphatic rings. The van der Waals surface area contributed by atoms with Gasteiger partial charge in [-0.2, -0.15) is 0 Å². The van der Waals surface area contributed by atoms with E-state index in [1.165, 1.54) is 28.8 Å². The van der Waals surface area contributed by atoms with E-state index in [2.05, 4.69) is 55.6 Å². The highest BCUT2D eigenvalue weighted by molar-refractivity contribution is 7.89. The monoisotopic (exact) mass is 482 g/mol. The molecule has 1 fully saturated rings. The van der Waals surface area contributed by atoms with Crippen LogP contribution in [0.15, 0.2) is 35.2 Å². The van der Waals surface area contributed by atoms with Crippen LogP contribution in [0.2, 0.25) is 0 Å². The molecule has 0 aliphatic heterocycles. The molecule has 0 unspecified atom stereocenters. The third-order valence-electron chi connectivity index (χ3n) is 8.50. The normalized spacial score (nSPS) is 26.6. The Kier molecular flexibility index (Phi) is 6.28. The van der Waals surface area contributed by atoms with E-state index in [0.717, 1.165) is 32.1 Å². The van der Waals surface area contributed by atoms with Crippen LogP contribution in [0, 0.1) is 23.6 Å². The quantitative estimate of drug-likeness (QED) is 0.489. The van der Waals surface area contributed by atoms with Gasteiger partial charge in [0.2, 0.25) is 21.2 Å². The van der Waals surface area contributed by atoms with Crippen molar-refractivity contribution in [2.24, 2.45) is 11.3 Å². The zero-order chi connectivity index (χ0) is 24.9. The Hall–Kier alpha value is -2.43. The first kappa shape index (κ1) is 24.7. The first-order valence-corrected chi connectivity index (χ1v) is 13.7. The van der Waals surface area contributed by atoms with Crippen molar-refractivity contribution < 1.29 is 13.5 Å². The maximum atomic E-state index is 13.2. The molecule has 34 heavy (non-hydrogen) atoms. The Bertz CT molecular complexity index is 1260. The Morgan fingerprint density at radius 1 is 1.21 bits per heavy atom. The van der Waals surface area contributed by atoms with Crippen LogP contribution in [0.25, 0.3) is 4.98 Å². The largest absolute Gasteiger partial charge is 0.501 e. The summed E-state index contributed by atoms with van der Waals surface area (Å²) in [6.07, 6.45) is 5.22. The van der Waals surface area contributed by atoms with E-state index in [1.54, 1.807) is 6.92 Å². The fourth-order valence-electron chi connectivity index (χ4n) is 6.58. The van der Waals surface area contributed by atoms with E-state index < -0.39 is 10.0 Å². The van der Waals surface area contributed by atoms with Crippen molar-refractivity contribution in [2.75, 3.05) is 6.54 Å². The SMILES string of the molecule is Cc1cc(O)c([N+]#N)cc1S(=O)(=O)NC[C@@]1(C)CCC[C@]2(C)c3ccc(C(C)C)cc3CC[C@@H]12. The number of hydrogen-bond acceptors (Lipinski definition) is 4. The van der Waals surface area contributed by atoms with Crippen molar-refractivity contribution in [3.05, 3.63) is 57.6 Å². The molecule has 0 aromatic heterocycles. The lowest BCUT2D eigenvalue weighted by molar-refractivity contribution is 0.0298. The molecule has 0 spiro atoms.